The van der Waals surface area contributed by atoms with Crippen LogP contribution in [0.3, 0.4) is 0 Å². The molecule has 3 aromatic carbocycles. The molecule has 1 atom stereocenters. The second-order valence-corrected chi connectivity index (χ2v) is 8.36. The number of hydrogen-bond acceptors (Lipinski definition) is 4. The monoisotopic (exact) mass is 424 g/mol. The number of anilines is 1. The lowest BCUT2D eigenvalue weighted by Crippen LogP contribution is -2.29. The Labute approximate surface area is 177 Å². The van der Waals surface area contributed by atoms with E-state index >= 15 is 0 Å². The second-order valence-electron chi connectivity index (χ2n) is 6.68. The van der Waals surface area contributed by atoms with Crippen LogP contribution < -0.4 is 14.8 Å². The maximum Gasteiger partial charge on any atom is 0.262 e. The van der Waals surface area contributed by atoms with Crippen LogP contribution in [0.25, 0.3) is 0 Å². The topological polar surface area (TPSA) is 84.5 Å². The van der Waals surface area contributed by atoms with Gasteiger partial charge in [-0.15, -0.1) is 0 Å². The van der Waals surface area contributed by atoms with Crippen LogP contribution in [0.15, 0.2) is 83.8 Å². The van der Waals surface area contributed by atoms with Crippen molar-refractivity contribution < 1.29 is 17.9 Å². The highest BCUT2D eigenvalue weighted by Crippen LogP contribution is 2.24. The molecule has 3 rings (SSSR count). The molecule has 0 aromatic heterocycles. The highest BCUT2D eigenvalue weighted by atomic mass is 32.2. The molecule has 0 aliphatic heterocycles. The van der Waals surface area contributed by atoms with E-state index in [0.29, 0.717) is 12.2 Å². The van der Waals surface area contributed by atoms with Gasteiger partial charge in [0.15, 0.2) is 0 Å². The lowest BCUT2D eigenvalue weighted by molar-refractivity contribution is 0.0936. The van der Waals surface area contributed by atoms with Crippen LogP contribution in [0.1, 0.15) is 35.3 Å². The molecule has 0 fully saturated rings. The van der Waals surface area contributed by atoms with E-state index in [-0.39, 0.29) is 28.1 Å². The van der Waals surface area contributed by atoms with Crippen LogP contribution in [0, 0.1) is 0 Å². The van der Waals surface area contributed by atoms with Gasteiger partial charge in [0, 0.05) is 6.07 Å². The summed E-state index contributed by atoms with van der Waals surface area (Å²) in [5.41, 5.74) is 1.45. The van der Waals surface area contributed by atoms with Gasteiger partial charge < -0.3 is 10.1 Å². The van der Waals surface area contributed by atoms with E-state index in [1.54, 1.807) is 36.4 Å². The molecule has 0 saturated carbocycles. The van der Waals surface area contributed by atoms with Crippen molar-refractivity contribution in [2.24, 2.45) is 0 Å². The summed E-state index contributed by atoms with van der Waals surface area (Å²) in [4.78, 5) is 13.0. The third kappa shape index (κ3) is 4.99. The van der Waals surface area contributed by atoms with E-state index in [4.69, 9.17) is 4.74 Å². The zero-order valence-corrected chi connectivity index (χ0v) is 17.6. The Morgan fingerprint density at radius 2 is 1.67 bits per heavy atom. The van der Waals surface area contributed by atoms with Crippen molar-refractivity contribution in [3.8, 4) is 5.75 Å². The minimum atomic E-state index is -3.90. The van der Waals surface area contributed by atoms with Crippen molar-refractivity contribution in [3.05, 3.63) is 90.0 Å². The first kappa shape index (κ1) is 21.4. The molecular formula is C23H24N2O4S. The van der Waals surface area contributed by atoms with Gasteiger partial charge in [-0.25, -0.2) is 8.42 Å². The molecule has 0 spiro atoms. The average Bonchev–Trinajstić information content (AvgIpc) is 2.78. The van der Waals surface area contributed by atoms with Gasteiger partial charge in [0.05, 0.1) is 29.3 Å². The van der Waals surface area contributed by atoms with Gasteiger partial charge in [-0.1, -0.05) is 55.5 Å². The summed E-state index contributed by atoms with van der Waals surface area (Å²) in [6, 6.07) is 22.2. The van der Waals surface area contributed by atoms with Crippen molar-refractivity contribution in [2.75, 3.05) is 11.8 Å². The van der Waals surface area contributed by atoms with Crippen LogP contribution in [-0.4, -0.2) is 21.4 Å². The first-order valence-electron chi connectivity index (χ1n) is 9.56. The molecule has 0 saturated heterocycles. The number of amides is 1. The van der Waals surface area contributed by atoms with Crippen molar-refractivity contribution in [3.63, 3.8) is 0 Å². The summed E-state index contributed by atoms with van der Waals surface area (Å²) in [7, 11) is -2.43. The molecule has 30 heavy (non-hydrogen) atoms. The van der Waals surface area contributed by atoms with E-state index in [1.807, 2.05) is 37.3 Å². The minimum absolute atomic E-state index is 0.0489. The van der Waals surface area contributed by atoms with Crippen LogP contribution in [0.2, 0.25) is 0 Å². The highest BCUT2D eigenvalue weighted by Gasteiger charge is 2.21. The highest BCUT2D eigenvalue weighted by molar-refractivity contribution is 7.92. The SMILES string of the molecule is CC[C@H](NC(=O)c1ccccc1NS(=O)(=O)c1cccc(OC)c1)c1ccccc1. The smallest absolute Gasteiger partial charge is 0.262 e. The summed E-state index contributed by atoms with van der Waals surface area (Å²) in [5, 5.41) is 2.99. The number of ether oxygens (including phenoxy) is 1. The molecule has 0 bridgehead atoms. The van der Waals surface area contributed by atoms with Crippen molar-refractivity contribution in [1.82, 2.24) is 5.32 Å². The number of nitrogens with one attached hydrogen (secondary N) is 2. The summed E-state index contributed by atoms with van der Waals surface area (Å²) < 4.78 is 33.3. The van der Waals surface area contributed by atoms with Crippen LogP contribution in [-0.2, 0) is 10.0 Å². The first-order chi connectivity index (χ1) is 14.4. The zero-order valence-electron chi connectivity index (χ0n) is 16.8. The number of rotatable bonds is 8. The Morgan fingerprint density at radius 1 is 0.967 bits per heavy atom. The molecule has 7 heteroatoms. The van der Waals surface area contributed by atoms with Crippen molar-refractivity contribution in [2.45, 2.75) is 24.3 Å². The Hall–Kier alpha value is -3.32. The Balaban J connectivity index is 1.85. The lowest BCUT2D eigenvalue weighted by atomic mass is 10.0. The summed E-state index contributed by atoms with van der Waals surface area (Å²) in [6.45, 7) is 1.98. The second kappa shape index (κ2) is 9.45. The van der Waals surface area contributed by atoms with Gasteiger partial charge in [-0.05, 0) is 36.2 Å². The average molecular weight is 425 g/mol. The number of methoxy groups -OCH3 is 1. The Morgan fingerprint density at radius 3 is 2.37 bits per heavy atom. The molecule has 0 heterocycles. The maximum absolute atomic E-state index is 13.0. The fraction of sp³-hybridized carbons (Fsp3) is 0.174. The summed E-state index contributed by atoms with van der Waals surface area (Å²) in [5.74, 6) is 0.0761. The molecule has 0 aliphatic rings. The van der Waals surface area contributed by atoms with Crippen molar-refractivity contribution in [1.29, 1.82) is 0 Å². The number of sulfonamides is 1. The standard InChI is InChI=1S/C23H24N2O4S/c1-3-21(17-10-5-4-6-11-17)24-23(26)20-14-7-8-15-22(20)25-30(27,28)19-13-9-12-18(16-19)29-2/h4-16,21,25H,3H2,1-2H3,(H,24,26)/t21-/m0/s1. The molecule has 0 unspecified atom stereocenters. The number of carbonyl (C=O) groups excluding carboxylic acids is 1. The molecule has 156 valence electrons. The van der Waals surface area contributed by atoms with Crippen LogP contribution >= 0.6 is 0 Å². The van der Waals surface area contributed by atoms with Gasteiger partial charge in [-0.3, -0.25) is 9.52 Å². The third-order valence-electron chi connectivity index (χ3n) is 4.68. The van der Waals surface area contributed by atoms with Crippen LogP contribution in [0.5, 0.6) is 5.75 Å². The van der Waals surface area contributed by atoms with Crippen molar-refractivity contribution >= 4 is 21.6 Å². The van der Waals surface area contributed by atoms with Gasteiger partial charge in [-0.2, -0.15) is 0 Å². The number of hydrogen-bond donors (Lipinski definition) is 2. The Kier molecular flexibility index (Phi) is 6.74. The molecule has 0 aliphatic carbocycles. The van der Waals surface area contributed by atoms with Gasteiger partial charge in [0.1, 0.15) is 5.75 Å². The molecule has 1 amide bonds. The minimum Gasteiger partial charge on any atom is -0.497 e. The quantitative estimate of drug-likeness (QED) is 0.562. The van der Waals surface area contributed by atoms with E-state index in [9.17, 15) is 13.2 Å². The summed E-state index contributed by atoms with van der Waals surface area (Å²) >= 11 is 0. The number of para-hydroxylation sites is 1. The van der Waals surface area contributed by atoms with E-state index in [1.165, 1.54) is 19.2 Å². The van der Waals surface area contributed by atoms with E-state index < -0.39 is 10.0 Å². The lowest BCUT2D eigenvalue weighted by Gasteiger charge is -2.19. The van der Waals surface area contributed by atoms with Gasteiger partial charge >= 0.3 is 0 Å². The molecule has 3 aromatic rings. The zero-order chi connectivity index (χ0) is 21.6. The fourth-order valence-electron chi connectivity index (χ4n) is 3.08. The fourth-order valence-corrected chi connectivity index (χ4v) is 4.20. The number of benzene rings is 3. The summed E-state index contributed by atoms with van der Waals surface area (Å²) in [6.07, 6.45) is 0.702. The van der Waals surface area contributed by atoms with Gasteiger partial charge in [0.25, 0.3) is 15.9 Å². The van der Waals surface area contributed by atoms with Crippen LogP contribution in [0.4, 0.5) is 5.69 Å². The predicted molar refractivity (Wildman–Crippen MR) is 117 cm³/mol. The number of carbonyl (C=O) groups is 1. The molecule has 6 nitrogen and oxygen atoms in total. The molecular weight excluding hydrogens is 400 g/mol. The maximum atomic E-state index is 13.0. The predicted octanol–water partition coefficient (Wildman–Crippen LogP) is 4.38. The Bertz CT molecular complexity index is 1110. The molecule has 2 N–H and O–H groups in total. The first-order valence-corrected chi connectivity index (χ1v) is 11.0. The van der Waals surface area contributed by atoms with E-state index in [0.717, 1.165) is 5.56 Å². The normalized spacial score (nSPS) is 12.1. The van der Waals surface area contributed by atoms with E-state index in [2.05, 4.69) is 10.0 Å². The third-order valence-corrected chi connectivity index (χ3v) is 6.05. The molecule has 0 radical (unpaired) electrons. The van der Waals surface area contributed by atoms with Gasteiger partial charge in [0.2, 0.25) is 0 Å². The largest absolute Gasteiger partial charge is 0.497 e.